The van der Waals surface area contributed by atoms with Crippen LogP contribution in [0.3, 0.4) is 0 Å². The Morgan fingerprint density at radius 3 is 2.53 bits per heavy atom. The third-order valence-corrected chi connectivity index (χ3v) is 5.03. The summed E-state index contributed by atoms with van der Waals surface area (Å²) in [5, 5.41) is 3.18. The molecule has 0 radical (unpaired) electrons. The molecule has 6 heteroatoms. The smallest absolute Gasteiger partial charge is 0.225 e. The third-order valence-electron chi connectivity index (χ3n) is 5.03. The van der Waals surface area contributed by atoms with Crippen LogP contribution in [0.2, 0.25) is 0 Å². The predicted octanol–water partition coefficient (Wildman–Crippen LogP) is 4.03. The molecular weight excluding hydrogens is 378 g/mol. The van der Waals surface area contributed by atoms with Gasteiger partial charge in [-0.15, -0.1) is 0 Å². The average molecular weight is 401 g/mol. The number of benzene rings is 3. The lowest BCUT2D eigenvalue weighted by Crippen LogP contribution is -2.30. The Morgan fingerprint density at radius 1 is 0.967 bits per heavy atom. The summed E-state index contributed by atoms with van der Waals surface area (Å²) in [5.41, 5.74) is 4.67. The van der Waals surface area contributed by atoms with E-state index in [2.05, 4.69) is 15.3 Å². The van der Waals surface area contributed by atoms with E-state index in [-0.39, 0.29) is 18.4 Å². The zero-order chi connectivity index (χ0) is 20.9. The molecule has 0 saturated heterocycles. The van der Waals surface area contributed by atoms with Gasteiger partial charge in [-0.2, -0.15) is 0 Å². The van der Waals surface area contributed by atoms with E-state index in [0.29, 0.717) is 11.5 Å². The number of nitrogens with zero attached hydrogens (tertiary/aromatic N) is 1. The first kappa shape index (κ1) is 19.5. The van der Waals surface area contributed by atoms with Crippen LogP contribution >= 0.6 is 0 Å². The monoisotopic (exact) mass is 401 g/mol. The average Bonchev–Trinajstić information content (AvgIpc) is 3.26. The van der Waals surface area contributed by atoms with E-state index in [1.807, 2.05) is 66.7 Å². The van der Waals surface area contributed by atoms with Crippen molar-refractivity contribution in [2.75, 3.05) is 14.2 Å². The Balaban J connectivity index is 1.59. The molecule has 2 N–H and O–H groups in total. The van der Waals surface area contributed by atoms with Gasteiger partial charge in [0, 0.05) is 0 Å². The number of ether oxygens (including phenoxy) is 2. The molecule has 0 aliphatic rings. The fraction of sp³-hybridized carbons (Fsp3) is 0.167. The lowest BCUT2D eigenvalue weighted by molar-refractivity contribution is -0.120. The number of aromatic amines is 1. The maximum atomic E-state index is 12.9. The molecule has 0 fully saturated rings. The predicted molar refractivity (Wildman–Crippen MR) is 116 cm³/mol. The SMILES string of the molecule is COc1ccc(CC(=O)N[C@@H](c2ccccc2)c2ccc3nc[nH]c3c2)cc1OC. The fourth-order valence-corrected chi connectivity index (χ4v) is 3.53. The second-order valence-corrected chi connectivity index (χ2v) is 6.96. The summed E-state index contributed by atoms with van der Waals surface area (Å²) in [5.74, 6) is 1.16. The first-order valence-electron chi connectivity index (χ1n) is 9.66. The van der Waals surface area contributed by atoms with Gasteiger partial charge in [-0.3, -0.25) is 4.79 Å². The number of hydrogen-bond donors (Lipinski definition) is 2. The first-order chi connectivity index (χ1) is 14.7. The molecule has 0 aliphatic heterocycles. The zero-order valence-electron chi connectivity index (χ0n) is 16.9. The van der Waals surface area contributed by atoms with Crippen LogP contribution in [0.4, 0.5) is 0 Å². The molecule has 0 bridgehead atoms. The van der Waals surface area contributed by atoms with Crippen molar-refractivity contribution in [3.8, 4) is 11.5 Å². The molecule has 6 nitrogen and oxygen atoms in total. The van der Waals surface area contributed by atoms with Crippen LogP contribution in [-0.4, -0.2) is 30.1 Å². The van der Waals surface area contributed by atoms with Crippen molar-refractivity contribution < 1.29 is 14.3 Å². The van der Waals surface area contributed by atoms with Crippen molar-refractivity contribution >= 4 is 16.9 Å². The Hall–Kier alpha value is -3.80. The Morgan fingerprint density at radius 2 is 1.77 bits per heavy atom. The lowest BCUT2D eigenvalue weighted by Gasteiger charge is -2.20. The largest absolute Gasteiger partial charge is 0.493 e. The van der Waals surface area contributed by atoms with Gasteiger partial charge in [0.15, 0.2) is 11.5 Å². The molecule has 152 valence electrons. The van der Waals surface area contributed by atoms with E-state index in [4.69, 9.17) is 9.47 Å². The third kappa shape index (κ3) is 4.12. The summed E-state index contributed by atoms with van der Waals surface area (Å²) in [7, 11) is 3.17. The number of amides is 1. The molecule has 1 atom stereocenters. The summed E-state index contributed by atoms with van der Waals surface area (Å²) in [6.45, 7) is 0. The summed E-state index contributed by atoms with van der Waals surface area (Å²) >= 11 is 0. The molecule has 4 aromatic rings. The Labute approximate surface area is 174 Å². The number of hydrogen-bond acceptors (Lipinski definition) is 4. The quantitative estimate of drug-likeness (QED) is 0.490. The van der Waals surface area contributed by atoms with Crippen LogP contribution in [0.25, 0.3) is 11.0 Å². The maximum Gasteiger partial charge on any atom is 0.225 e. The van der Waals surface area contributed by atoms with Crippen molar-refractivity contribution in [1.29, 1.82) is 0 Å². The summed E-state index contributed by atoms with van der Waals surface area (Å²) in [6.07, 6.45) is 1.90. The molecule has 1 heterocycles. The van der Waals surface area contributed by atoms with Crippen molar-refractivity contribution in [3.05, 3.63) is 89.7 Å². The van der Waals surface area contributed by atoms with Crippen molar-refractivity contribution in [2.24, 2.45) is 0 Å². The van der Waals surface area contributed by atoms with Gasteiger partial charge in [-0.25, -0.2) is 4.98 Å². The Kier molecular flexibility index (Phi) is 5.66. The number of imidazole rings is 1. The van der Waals surface area contributed by atoms with E-state index in [1.54, 1.807) is 20.5 Å². The standard InChI is InChI=1S/C24H23N3O3/c1-29-21-11-8-16(12-22(21)30-2)13-23(28)27-24(17-6-4-3-5-7-17)18-9-10-19-20(14-18)26-15-25-19/h3-12,14-15,24H,13H2,1-2H3,(H,25,26)(H,27,28)/t24-/m0/s1. The minimum Gasteiger partial charge on any atom is -0.493 e. The molecule has 3 aromatic carbocycles. The van der Waals surface area contributed by atoms with Crippen molar-refractivity contribution in [1.82, 2.24) is 15.3 Å². The van der Waals surface area contributed by atoms with E-state index >= 15 is 0 Å². The molecule has 4 rings (SSSR count). The van der Waals surface area contributed by atoms with Gasteiger partial charge < -0.3 is 19.8 Å². The van der Waals surface area contributed by atoms with Crippen LogP contribution in [0.5, 0.6) is 11.5 Å². The van der Waals surface area contributed by atoms with E-state index in [9.17, 15) is 4.79 Å². The van der Waals surface area contributed by atoms with Crippen LogP contribution < -0.4 is 14.8 Å². The minimum absolute atomic E-state index is 0.0826. The summed E-state index contributed by atoms with van der Waals surface area (Å²) < 4.78 is 10.6. The molecule has 0 spiro atoms. The minimum atomic E-state index is -0.272. The number of aromatic nitrogens is 2. The fourth-order valence-electron chi connectivity index (χ4n) is 3.53. The molecule has 0 saturated carbocycles. The van der Waals surface area contributed by atoms with Gasteiger partial charge in [0.05, 0.1) is 44.0 Å². The number of fused-ring (bicyclic) bond motifs is 1. The molecule has 30 heavy (non-hydrogen) atoms. The number of carbonyl (C=O) groups excluding carboxylic acids is 1. The van der Waals surface area contributed by atoms with Crippen LogP contribution in [0.1, 0.15) is 22.7 Å². The van der Waals surface area contributed by atoms with Gasteiger partial charge >= 0.3 is 0 Å². The maximum absolute atomic E-state index is 12.9. The highest BCUT2D eigenvalue weighted by Crippen LogP contribution is 2.28. The highest BCUT2D eigenvalue weighted by Gasteiger charge is 2.18. The van der Waals surface area contributed by atoms with Gasteiger partial charge in [0.1, 0.15) is 0 Å². The highest BCUT2D eigenvalue weighted by atomic mass is 16.5. The molecule has 0 aliphatic carbocycles. The summed E-state index contributed by atoms with van der Waals surface area (Å²) in [6, 6.07) is 21.1. The topological polar surface area (TPSA) is 76.2 Å². The van der Waals surface area contributed by atoms with E-state index in [1.165, 1.54) is 0 Å². The van der Waals surface area contributed by atoms with Gasteiger partial charge in [0.2, 0.25) is 5.91 Å². The van der Waals surface area contributed by atoms with Gasteiger partial charge in [-0.1, -0.05) is 42.5 Å². The molecular formula is C24H23N3O3. The van der Waals surface area contributed by atoms with Crippen LogP contribution in [0, 0.1) is 0 Å². The number of nitrogens with one attached hydrogen (secondary N) is 2. The van der Waals surface area contributed by atoms with Crippen LogP contribution in [0.15, 0.2) is 73.1 Å². The van der Waals surface area contributed by atoms with E-state index < -0.39 is 0 Å². The van der Waals surface area contributed by atoms with Crippen molar-refractivity contribution in [2.45, 2.75) is 12.5 Å². The highest BCUT2D eigenvalue weighted by molar-refractivity contribution is 5.80. The van der Waals surface area contributed by atoms with Crippen LogP contribution in [-0.2, 0) is 11.2 Å². The lowest BCUT2D eigenvalue weighted by atomic mass is 9.97. The number of H-pyrrole nitrogens is 1. The van der Waals surface area contributed by atoms with E-state index in [0.717, 1.165) is 27.7 Å². The second kappa shape index (κ2) is 8.69. The molecule has 0 unspecified atom stereocenters. The summed E-state index contributed by atoms with van der Waals surface area (Å²) in [4.78, 5) is 20.3. The first-order valence-corrected chi connectivity index (χ1v) is 9.66. The number of carbonyl (C=O) groups is 1. The normalized spacial score (nSPS) is 11.8. The molecule has 1 aromatic heterocycles. The molecule has 1 amide bonds. The Bertz CT molecular complexity index is 1150. The van der Waals surface area contributed by atoms with Gasteiger partial charge in [0.25, 0.3) is 0 Å². The number of methoxy groups -OCH3 is 2. The van der Waals surface area contributed by atoms with Gasteiger partial charge in [-0.05, 0) is 41.0 Å². The second-order valence-electron chi connectivity index (χ2n) is 6.96. The zero-order valence-corrected chi connectivity index (χ0v) is 16.9. The van der Waals surface area contributed by atoms with Crippen molar-refractivity contribution in [3.63, 3.8) is 0 Å². The number of rotatable bonds is 7.